The van der Waals surface area contributed by atoms with Gasteiger partial charge in [-0.1, -0.05) is 6.42 Å². The van der Waals surface area contributed by atoms with Crippen LogP contribution in [-0.4, -0.2) is 53.5 Å². The van der Waals surface area contributed by atoms with Gasteiger partial charge in [0, 0.05) is 49.7 Å². The van der Waals surface area contributed by atoms with E-state index in [4.69, 9.17) is 0 Å². The number of aromatic nitrogens is 1. The van der Waals surface area contributed by atoms with Crippen molar-refractivity contribution in [3.05, 3.63) is 16.1 Å². The highest BCUT2D eigenvalue weighted by Gasteiger charge is 2.28. The van der Waals surface area contributed by atoms with E-state index in [9.17, 15) is 0 Å². The van der Waals surface area contributed by atoms with Gasteiger partial charge in [-0.2, -0.15) is 0 Å². The van der Waals surface area contributed by atoms with Gasteiger partial charge in [0.2, 0.25) is 0 Å². The molecule has 1 atom stereocenters. The number of rotatable bonds is 3. The Kier molecular flexibility index (Phi) is 3.97. The molecule has 4 heteroatoms. The first-order valence-corrected chi connectivity index (χ1v) is 8.06. The van der Waals surface area contributed by atoms with Crippen molar-refractivity contribution in [2.24, 2.45) is 0 Å². The Morgan fingerprint density at radius 3 is 3.11 bits per heavy atom. The van der Waals surface area contributed by atoms with E-state index in [2.05, 4.69) is 27.1 Å². The molecule has 0 N–H and O–H groups in total. The minimum absolute atomic E-state index is 0.838. The Morgan fingerprint density at radius 1 is 1.33 bits per heavy atom. The van der Waals surface area contributed by atoms with Gasteiger partial charge in [0.05, 0.1) is 5.01 Å². The first kappa shape index (κ1) is 12.6. The molecule has 0 aliphatic carbocycles. The first-order chi connectivity index (χ1) is 8.81. The summed E-state index contributed by atoms with van der Waals surface area (Å²) >= 11 is 1.81. The van der Waals surface area contributed by atoms with Gasteiger partial charge in [0.15, 0.2) is 0 Å². The summed E-state index contributed by atoms with van der Waals surface area (Å²) in [6, 6.07) is 0.838. The number of fused-ring (bicyclic) bond motifs is 1. The van der Waals surface area contributed by atoms with E-state index < -0.39 is 0 Å². The topological polar surface area (TPSA) is 19.4 Å². The Morgan fingerprint density at radius 2 is 2.28 bits per heavy atom. The number of piperazine rings is 1. The van der Waals surface area contributed by atoms with Gasteiger partial charge in [0.1, 0.15) is 0 Å². The van der Waals surface area contributed by atoms with Crippen LogP contribution in [0.1, 0.15) is 30.0 Å². The maximum atomic E-state index is 4.56. The maximum Gasteiger partial charge on any atom is 0.0940 e. The molecule has 3 nitrogen and oxygen atoms in total. The maximum absolute atomic E-state index is 4.56. The Hall–Kier alpha value is -0.450. The second kappa shape index (κ2) is 5.68. The summed E-state index contributed by atoms with van der Waals surface area (Å²) in [5, 5.41) is 3.47. The van der Waals surface area contributed by atoms with Crippen molar-refractivity contribution in [3.63, 3.8) is 0 Å². The van der Waals surface area contributed by atoms with Crippen molar-refractivity contribution in [2.75, 3.05) is 32.7 Å². The van der Waals surface area contributed by atoms with Crippen LogP contribution in [-0.2, 0) is 6.42 Å². The second-order valence-electron chi connectivity index (χ2n) is 5.62. The number of piperidine rings is 1. The van der Waals surface area contributed by atoms with Crippen molar-refractivity contribution in [2.45, 2.75) is 38.6 Å². The molecule has 2 aliphatic rings. The molecule has 0 radical (unpaired) electrons. The van der Waals surface area contributed by atoms with Gasteiger partial charge < -0.3 is 4.90 Å². The van der Waals surface area contributed by atoms with Crippen molar-refractivity contribution in [1.29, 1.82) is 0 Å². The first-order valence-electron chi connectivity index (χ1n) is 7.19. The minimum Gasteiger partial charge on any atom is -0.300 e. The molecule has 3 rings (SSSR count). The van der Waals surface area contributed by atoms with Crippen LogP contribution in [0.2, 0.25) is 0 Å². The third-order valence-corrected chi connectivity index (χ3v) is 5.26. The van der Waals surface area contributed by atoms with Gasteiger partial charge >= 0.3 is 0 Å². The molecule has 0 bridgehead atoms. The zero-order valence-electron chi connectivity index (χ0n) is 11.3. The molecule has 1 aromatic rings. The van der Waals surface area contributed by atoms with E-state index in [-0.39, 0.29) is 0 Å². The average Bonchev–Trinajstić information content (AvgIpc) is 2.82. The van der Waals surface area contributed by atoms with Crippen LogP contribution in [0.4, 0.5) is 0 Å². The van der Waals surface area contributed by atoms with Crippen LogP contribution < -0.4 is 0 Å². The lowest BCUT2D eigenvalue weighted by atomic mass is 9.99. The van der Waals surface area contributed by atoms with E-state index >= 15 is 0 Å². The zero-order valence-corrected chi connectivity index (χ0v) is 12.1. The highest BCUT2D eigenvalue weighted by Crippen LogP contribution is 2.21. The van der Waals surface area contributed by atoms with E-state index in [1.54, 1.807) is 0 Å². The van der Waals surface area contributed by atoms with Gasteiger partial charge in [-0.3, -0.25) is 4.90 Å². The highest BCUT2D eigenvalue weighted by molar-refractivity contribution is 7.09. The number of hydrogen-bond acceptors (Lipinski definition) is 4. The van der Waals surface area contributed by atoms with Gasteiger partial charge in [0.25, 0.3) is 0 Å². The molecule has 0 aromatic carbocycles. The zero-order chi connectivity index (χ0) is 12.4. The molecule has 100 valence electrons. The lowest BCUT2D eigenvalue weighted by molar-refractivity contribution is 0.0500. The number of hydrogen-bond donors (Lipinski definition) is 0. The molecular formula is C14H23N3S. The largest absolute Gasteiger partial charge is 0.300 e. The van der Waals surface area contributed by atoms with E-state index in [1.165, 1.54) is 62.7 Å². The summed E-state index contributed by atoms with van der Waals surface area (Å²) < 4.78 is 0. The third kappa shape index (κ3) is 2.92. The molecule has 1 unspecified atom stereocenters. The van der Waals surface area contributed by atoms with E-state index in [0.29, 0.717) is 0 Å². The molecule has 2 saturated heterocycles. The molecule has 0 spiro atoms. The Bertz CT molecular complexity index is 390. The average molecular weight is 265 g/mol. The lowest BCUT2D eigenvalue weighted by Crippen LogP contribution is -2.55. The molecule has 0 saturated carbocycles. The molecule has 0 amide bonds. The lowest BCUT2D eigenvalue weighted by Gasteiger charge is -2.44. The van der Waals surface area contributed by atoms with Crippen molar-refractivity contribution >= 4 is 11.3 Å². The second-order valence-corrected chi connectivity index (χ2v) is 6.56. The molecule has 2 aliphatic heterocycles. The summed E-state index contributed by atoms with van der Waals surface area (Å²) in [5.74, 6) is 0. The summed E-state index contributed by atoms with van der Waals surface area (Å²) in [7, 11) is 0. The van der Waals surface area contributed by atoms with Crippen LogP contribution in [0.15, 0.2) is 5.38 Å². The molecule has 1 aromatic heterocycles. The quantitative estimate of drug-likeness (QED) is 0.835. The number of thiazole rings is 1. The van der Waals surface area contributed by atoms with Crippen LogP contribution >= 0.6 is 11.3 Å². The SMILES string of the molecule is Cc1csc(CCN2CCN3CCCCC3C2)n1. The monoisotopic (exact) mass is 265 g/mol. The van der Waals surface area contributed by atoms with Crippen LogP contribution in [0.3, 0.4) is 0 Å². The predicted molar refractivity (Wildman–Crippen MR) is 76.2 cm³/mol. The standard InChI is InChI=1S/C14H23N3S/c1-12-11-18-14(15-12)5-7-16-8-9-17-6-3-2-4-13(17)10-16/h11,13H,2-10H2,1H3. The van der Waals surface area contributed by atoms with Gasteiger partial charge in [-0.05, 0) is 26.3 Å². The van der Waals surface area contributed by atoms with Crippen LogP contribution in [0, 0.1) is 6.92 Å². The summed E-state index contributed by atoms with van der Waals surface area (Å²) in [6.07, 6.45) is 5.38. The molecule has 2 fully saturated rings. The Labute approximate surface area is 114 Å². The molecular weight excluding hydrogens is 242 g/mol. The highest BCUT2D eigenvalue weighted by atomic mass is 32.1. The number of nitrogens with zero attached hydrogens (tertiary/aromatic N) is 3. The van der Waals surface area contributed by atoms with Crippen LogP contribution in [0.25, 0.3) is 0 Å². The smallest absolute Gasteiger partial charge is 0.0940 e. The minimum atomic E-state index is 0.838. The predicted octanol–water partition coefficient (Wildman–Crippen LogP) is 2.16. The summed E-state index contributed by atoms with van der Waals surface area (Å²) in [5.41, 5.74) is 1.17. The number of aryl methyl sites for hydroxylation is 1. The van der Waals surface area contributed by atoms with Gasteiger partial charge in [-0.15, -0.1) is 11.3 Å². The fraction of sp³-hybridized carbons (Fsp3) is 0.786. The fourth-order valence-electron chi connectivity index (χ4n) is 3.19. The van der Waals surface area contributed by atoms with E-state index in [0.717, 1.165) is 12.5 Å². The fourth-order valence-corrected chi connectivity index (χ4v) is 3.96. The van der Waals surface area contributed by atoms with Crippen molar-refractivity contribution in [3.8, 4) is 0 Å². The summed E-state index contributed by atoms with van der Waals surface area (Å²) in [4.78, 5) is 9.90. The van der Waals surface area contributed by atoms with Crippen molar-refractivity contribution in [1.82, 2.24) is 14.8 Å². The normalized spacial score (nSPS) is 26.2. The van der Waals surface area contributed by atoms with Gasteiger partial charge in [-0.25, -0.2) is 4.98 Å². The van der Waals surface area contributed by atoms with Crippen molar-refractivity contribution < 1.29 is 0 Å². The Balaban J connectivity index is 1.49. The van der Waals surface area contributed by atoms with E-state index in [1.807, 2.05) is 11.3 Å². The summed E-state index contributed by atoms with van der Waals surface area (Å²) in [6.45, 7) is 8.43. The molecule has 3 heterocycles. The third-order valence-electron chi connectivity index (χ3n) is 4.23. The van der Waals surface area contributed by atoms with Crippen LogP contribution in [0.5, 0.6) is 0 Å². The molecule has 18 heavy (non-hydrogen) atoms.